The molecule has 2 aliphatic rings. The number of rotatable bonds is 6. The molecule has 2 saturated heterocycles. The monoisotopic (exact) mass is 441 g/mol. The zero-order valence-electron chi connectivity index (χ0n) is 19.5. The first-order valence-electron chi connectivity index (χ1n) is 11.8. The van der Waals surface area contributed by atoms with Crippen LogP contribution in [0.4, 0.5) is 0 Å². The summed E-state index contributed by atoms with van der Waals surface area (Å²) in [5, 5.41) is 1.05. The Morgan fingerprint density at radius 3 is 2.62 bits per heavy atom. The van der Waals surface area contributed by atoms with E-state index < -0.39 is 0 Å². The summed E-state index contributed by atoms with van der Waals surface area (Å²) in [6.07, 6.45) is 4.13. The lowest BCUT2D eigenvalue weighted by Crippen LogP contribution is -2.49. The van der Waals surface area contributed by atoms with Crippen LogP contribution in [-0.4, -0.2) is 66.3 Å². The first-order valence-corrected chi connectivity index (χ1v) is 11.8. The van der Waals surface area contributed by atoms with E-state index in [0.29, 0.717) is 19.2 Å². The van der Waals surface area contributed by atoms with Gasteiger partial charge in [-0.05, 0) is 75.8 Å². The number of carbonyl (C=O) groups excluding carboxylic acids is 1. The number of methoxy groups -OCH3 is 1. The van der Waals surface area contributed by atoms with E-state index in [-0.39, 0.29) is 17.4 Å². The third kappa shape index (κ3) is 4.84. The van der Waals surface area contributed by atoms with Crippen molar-refractivity contribution in [1.29, 1.82) is 0 Å². The highest BCUT2D eigenvalue weighted by atomic mass is 16.5. The number of nitrogens with zero attached hydrogens (tertiary/aromatic N) is 3. The van der Waals surface area contributed by atoms with Crippen molar-refractivity contribution in [3.8, 4) is 5.75 Å². The van der Waals surface area contributed by atoms with Gasteiger partial charge in [0, 0.05) is 37.8 Å². The predicted octanol–water partition coefficient (Wildman–Crippen LogP) is 2.79. The largest absolute Gasteiger partial charge is 0.497 e. The molecule has 4 rings (SSSR count). The van der Waals surface area contributed by atoms with Crippen molar-refractivity contribution in [1.82, 2.24) is 14.4 Å². The molecule has 0 aliphatic carbocycles. The van der Waals surface area contributed by atoms with Crippen LogP contribution in [0.5, 0.6) is 5.75 Å². The number of esters is 1. The Bertz CT molecular complexity index is 1010. The van der Waals surface area contributed by atoms with E-state index in [1.54, 1.807) is 11.7 Å². The number of aromatic nitrogens is 1. The summed E-state index contributed by atoms with van der Waals surface area (Å²) in [5.74, 6) is 0.727. The van der Waals surface area contributed by atoms with Gasteiger partial charge < -0.3 is 14.0 Å². The molecular formula is C25H35N3O4. The van der Waals surface area contributed by atoms with Gasteiger partial charge in [0.1, 0.15) is 5.75 Å². The van der Waals surface area contributed by atoms with E-state index >= 15 is 0 Å². The Kier molecular flexibility index (Phi) is 7.16. The molecule has 3 heterocycles. The lowest BCUT2D eigenvalue weighted by molar-refractivity contribution is -0.150. The van der Waals surface area contributed by atoms with Crippen molar-refractivity contribution >= 4 is 16.9 Å². The van der Waals surface area contributed by atoms with E-state index in [1.807, 2.05) is 38.2 Å². The van der Waals surface area contributed by atoms with Gasteiger partial charge in [0.2, 0.25) is 0 Å². The molecule has 0 bridgehead atoms. The van der Waals surface area contributed by atoms with Crippen molar-refractivity contribution in [2.75, 3.05) is 39.9 Å². The molecule has 0 saturated carbocycles. The average Bonchev–Trinajstić information content (AvgIpc) is 2.83. The maximum absolute atomic E-state index is 13.0. The molecule has 0 spiro atoms. The van der Waals surface area contributed by atoms with E-state index in [2.05, 4.69) is 9.80 Å². The zero-order chi connectivity index (χ0) is 22.7. The van der Waals surface area contributed by atoms with Crippen LogP contribution in [0.1, 0.15) is 38.2 Å². The maximum Gasteiger partial charge on any atom is 0.310 e. The lowest BCUT2D eigenvalue weighted by Gasteiger charge is -2.41. The summed E-state index contributed by atoms with van der Waals surface area (Å²) in [5.41, 5.74) is 1.78. The minimum Gasteiger partial charge on any atom is -0.497 e. The molecule has 2 aromatic rings. The molecule has 0 radical (unpaired) electrons. The summed E-state index contributed by atoms with van der Waals surface area (Å²) in [7, 11) is 3.47. The van der Waals surface area contributed by atoms with E-state index in [0.717, 1.165) is 74.1 Å². The first-order chi connectivity index (χ1) is 15.5. The minimum atomic E-state index is -0.0422. The average molecular weight is 442 g/mol. The van der Waals surface area contributed by atoms with Crippen LogP contribution in [0.2, 0.25) is 0 Å². The molecule has 2 fully saturated rings. The Morgan fingerprint density at radius 2 is 1.91 bits per heavy atom. The Hall–Kier alpha value is -2.38. The fraction of sp³-hybridized carbons (Fsp3) is 0.600. The first kappa shape index (κ1) is 22.8. The molecule has 174 valence electrons. The summed E-state index contributed by atoms with van der Waals surface area (Å²) in [4.78, 5) is 30.0. The molecule has 2 aliphatic heterocycles. The van der Waals surface area contributed by atoms with Gasteiger partial charge in [0.05, 0.1) is 25.2 Å². The van der Waals surface area contributed by atoms with Crippen molar-refractivity contribution in [2.45, 2.75) is 45.2 Å². The second kappa shape index (κ2) is 10.0. The molecule has 1 aromatic heterocycles. The maximum atomic E-state index is 13.0. The van der Waals surface area contributed by atoms with Crippen LogP contribution in [0.15, 0.2) is 29.1 Å². The number of ether oxygens (including phenoxy) is 2. The SMILES string of the molecule is CCOC(=O)C1CCCN(C2CCN(Cc3cc4ccc(OC)cc4n(C)c3=O)CC2)C1. The molecule has 32 heavy (non-hydrogen) atoms. The molecule has 7 heteroatoms. The number of fused-ring (bicyclic) bond motifs is 1. The number of hydrogen-bond donors (Lipinski definition) is 0. The van der Waals surface area contributed by atoms with Crippen LogP contribution in [-0.2, 0) is 23.1 Å². The van der Waals surface area contributed by atoms with Crippen molar-refractivity contribution < 1.29 is 14.3 Å². The Labute approximate surface area is 189 Å². The van der Waals surface area contributed by atoms with Gasteiger partial charge in [-0.3, -0.25) is 19.4 Å². The standard InChI is InChI=1S/C25H35N3O4/c1-4-32-25(30)19-6-5-11-28(17-19)21-9-12-27(13-10-21)16-20-14-18-7-8-22(31-3)15-23(18)26(2)24(20)29/h7-8,14-15,19,21H,4-6,9-13,16-17H2,1-3H3. The second-order valence-electron chi connectivity index (χ2n) is 9.05. The van der Waals surface area contributed by atoms with Gasteiger partial charge in [-0.15, -0.1) is 0 Å². The molecule has 1 unspecified atom stereocenters. The smallest absolute Gasteiger partial charge is 0.310 e. The van der Waals surface area contributed by atoms with Crippen LogP contribution < -0.4 is 10.3 Å². The van der Waals surface area contributed by atoms with E-state index in [1.165, 1.54) is 0 Å². The molecule has 1 aromatic carbocycles. The quantitative estimate of drug-likeness (QED) is 0.643. The third-order valence-electron chi connectivity index (χ3n) is 7.05. The summed E-state index contributed by atoms with van der Waals surface area (Å²) < 4.78 is 12.3. The van der Waals surface area contributed by atoms with Crippen LogP contribution >= 0.6 is 0 Å². The van der Waals surface area contributed by atoms with Gasteiger partial charge in [0.25, 0.3) is 5.56 Å². The topological polar surface area (TPSA) is 64.0 Å². The number of aryl methyl sites for hydroxylation is 1. The van der Waals surface area contributed by atoms with Gasteiger partial charge >= 0.3 is 5.97 Å². The van der Waals surface area contributed by atoms with Gasteiger partial charge in [-0.1, -0.05) is 0 Å². The van der Waals surface area contributed by atoms with Crippen molar-refractivity contribution in [3.63, 3.8) is 0 Å². The summed E-state index contributed by atoms with van der Waals surface area (Å²) >= 11 is 0. The molecule has 7 nitrogen and oxygen atoms in total. The Balaban J connectivity index is 1.38. The highest BCUT2D eigenvalue weighted by Crippen LogP contribution is 2.26. The molecular weight excluding hydrogens is 406 g/mol. The molecule has 1 atom stereocenters. The number of pyridine rings is 1. The molecule has 0 N–H and O–H groups in total. The van der Waals surface area contributed by atoms with E-state index in [4.69, 9.17) is 9.47 Å². The third-order valence-corrected chi connectivity index (χ3v) is 7.05. The fourth-order valence-electron chi connectivity index (χ4n) is 5.22. The normalized spacial score (nSPS) is 21.0. The highest BCUT2D eigenvalue weighted by Gasteiger charge is 2.32. The van der Waals surface area contributed by atoms with Gasteiger partial charge in [-0.2, -0.15) is 0 Å². The van der Waals surface area contributed by atoms with Crippen LogP contribution in [0, 0.1) is 5.92 Å². The van der Waals surface area contributed by atoms with Gasteiger partial charge in [0.15, 0.2) is 0 Å². The van der Waals surface area contributed by atoms with Gasteiger partial charge in [-0.25, -0.2) is 0 Å². The van der Waals surface area contributed by atoms with Crippen LogP contribution in [0.25, 0.3) is 10.9 Å². The number of piperidine rings is 2. The number of hydrogen-bond acceptors (Lipinski definition) is 6. The zero-order valence-corrected chi connectivity index (χ0v) is 19.5. The number of benzene rings is 1. The lowest BCUT2D eigenvalue weighted by atomic mass is 9.94. The minimum absolute atomic E-state index is 0.0148. The highest BCUT2D eigenvalue weighted by molar-refractivity contribution is 5.81. The van der Waals surface area contributed by atoms with Crippen molar-refractivity contribution in [3.05, 3.63) is 40.2 Å². The molecule has 0 amide bonds. The summed E-state index contributed by atoms with van der Waals surface area (Å²) in [6, 6.07) is 8.39. The fourth-order valence-corrected chi connectivity index (χ4v) is 5.22. The number of likely N-dealkylation sites (tertiary alicyclic amines) is 2. The summed E-state index contributed by atoms with van der Waals surface area (Å²) in [6.45, 7) is 6.81. The van der Waals surface area contributed by atoms with Crippen molar-refractivity contribution in [2.24, 2.45) is 13.0 Å². The Morgan fingerprint density at radius 1 is 1.12 bits per heavy atom. The second-order valence-corrected chi connectivity index (χ2v) is 9.05. The van der Waals surface area contributed by atoms with E-state index in [9.17, 15) is 9.59 Å². The number of carbonyl (C=O) groups is 1. The predicted molar refractivity (Wildman–Crippen MR) is 125 cm³/mol. The van der Waals surface area contributed by atoms with Crippen LogP contribution in [0.3, 0.4) is 0 Å².